The molecule has 0 aliphatic carbocycles. The molecule has 3 heteroatoms. The molecule has 1 aromatic carbocycles. The number of nitrogens with one attached hydrogen (secondary N) is 1. The minimum atomic E-state index is -0.238. The number of amides is 1. The Kier molecular flexibility index (Phi) is 4.25. The van der Waals surface area contributed by atoms with Gasteiger partial charge in [0, 0.05) is 20.1 Å². The highest BCUT2D eigenvalue weighted by Crippen LogP contribution is 2.28. The Labute approximate surface area is 116 Å². The van der Waals surface area contributed by atoms with Crippen molar-refractivity contribution in [2.75, 3.05) is 20.1 Å². The van der Waals surface area contributed by atoms with E-state index in [4.69, 9.17) is 0 Å². The fourth-order valence-electron chi connectivity index (χ4n) is 2.74. The summed E-state index contributed by atoms with van der Waals surface area (Å²) in [7, 11) is 1.90. The fraction of sp³-hybridized carbons (Fsp3) is 0.562. The first kappa shape index (κ1) is 14.1. The van der Waals surface area contributed by atoms with Crippen molar-refractivity contribution < 1.29 is 4.79 Å². The van der Waals surface area contributed by atoms with E-state index in [0.717, 1.165) is 25.9 Å². The number of aryl methyl sites for hydroxylation is 1. The highest BCUT2D eigenvalue weighted by molar-refractivity contribution is 5.82. The average Bonchev–Trinajstić information content (AvgIpc) is 2.41. The highest BCUT2D eigenvalue weighted by Gasteiger charge is 2.36. The molecular formula is C16H24N2O. The maximum absolute atomic E-state index is 12.6. The number of hydrogen-bond donors (Lipinski definition) is 1. The van der Waals surface area contributed by atoms with Gasteiger partial charge in [-0.25, -0.2) is 0 Å². The predicted molar refractivity (Wildman–Crippen MR) is 77.9 cm³/mol. The second-order valence-electron chi connectivity index (χ2n) is 5.99. The van der Waals surface area contributed by atoms with E-state index in [1.807, 2.05) is 11.9 Å². The number of piperidine rings is 1. The molecule has 104 valence electrons. The van der Waals surface area contributed by atoms with E-state index < -0.39 is 0 Å². The van der Waals surface area contributed by atoms with E-state index in [1.165, 1.54) is 11.1 Å². The maximum Gasteiger partial charge on any atom is 0.229 e. The Morgan fingerprint density at radius 2 is 2.05 bits per heavy atom. The molecule has 1 N–H and O–H groups in total. The van der Waals surface area contributed by atoms with Crippen LogP contribution >= 0.6 is 0 Å². The third kappa shape index (κ3) is 3.35. The molecular weight excluding hydrogens is 236 g/mol. The van der Waals surface area contributed by atoms with Crippen LogP contribution in [0.25, 0.3) is 0 Å². The molecule has 1 amide bonds. The van der Waals surface area contributed by atoms with E-state index in [-0.39, 0.29) is 11.3 Å². The van der Waals surface area contributed by atoms with Gasteiger partial charge in [-0.3, -0.25) is 4.79 Å². The smallest absolute Gasteiger partial charge is 0.229 e. The van der Waals surface area contributed by atoms with Crippen molar-refractivity contribution in [1.29, 1.82) is 0 Å². The van der Waals surface area contributed by atoms with Gasteiger partial charge in [-0.2, -0.15) is 0 Å². The minimum absolute atomic E-state index is 0.238. The summed E-state index contributed by atoms with van der Waals surface area (Å²) in [5.74, 6) is 0.250. The number of hydrogen-bond acceptors (Lipinski definition) is 2. The van der Waals surface area contributed by atoms with Crippen LogP contribution in [-0.2, 0) is 11.3 Å². The lowest BCUT2D eigenvalue weighted by Gasteiger charge is -2.36. The van der Waals surface area contributed by atoms with Gasteiger partial charge < -0.3 is 10.2 Å². The zero-order valence-corrected chi connectivity index (χ0v) is 12.2. The Morgan fingerprint density at radius 1 is 1.37 bits per heavy atom. The van der Waals surface area contributed by atoms with Crippen molar-refractivity contribution >= 4 is 5.91 Å². The molecule has 0 spiro atoms. The lowest BCUT2D eigenvalue weighted by Crippen LogP contribution is -2.48. The first-order valence-corrected chi connectivity index (χ1v) is 7.03. The summed E-state index contributed by atoms with van der Waals surface area (Å²) in [6.07, 6.45) is 2.07. The van der Waals surface area contributed by atoms with Gasteiger partial charge in [0.15, 0.2) is 0 Å². The topological polar surface area (TPSA) is 32.3 Å². The van der Waals surface area contributed by atoms with Gasteiger partial charge >= 0.3 is 0 Å². The van der Waals surface area contributed by atoms with Crippen LogP contribution in [0.4, 0.5) is 0 Å². The molecule has 1 heterocycles. The van der Waals surface area contributed by atoms with Gasteiger partial charge in [-0.1, -0.05) is 29.8 Å². The third-order valence-corrected chi connectivity index (χ3v) is 4.00. The number of nitrogens with zero attached hydrogens (tertiary/aromatic N) is 1. The van der Waals surface area contributed by atoms with Crippen molar-refractivity contribution in [3.8, 4) is 0 Å². The third-order valence-electron chi connectivity index (χ3n) is 4.00. The van der Waals surface area contributed by atoms with Gasteiger partial charge in [0.1, 0.15) is 0 Å². The maximum atomic E-state index is 12.6. The monoisotopic (exact) mass is 260 g/mol. The summed E-state index contributed by atoms with van der Waals surface area (Å²) >= 11 is 0. The Hall–Kier alpha value is -1.35. The molecule has 0 bridgehead atoms. The summed E-state index contributed by atoms with van der Waals surface area (Å²) < 4.78 is 0. The van der Waals surface area contributed by atoms with Gasteiger partial charge in [0.2, 0.25) is 5.91 Å². The summed E-state index contributed by atoms with van der Waals surface area (Å²) in [5.41, 5.74) is 2.20. The van der Waals surface area contributed by atoms with Gasteiger partial charge in [0.05, 0.1) is 5.41 Å². The van der Waals surface area contributed by atoms with Crippen LogP contribution in [0.1, 0.15) is 30.9 Å². The van der Waals surface area contributed by atoms with Gasteiger partial charge in [-0.15, -0.1) is 0 Å². The van der Waals surface area contributed by atoms with Crippen molar-refractivity contribution in [3.63, 3.8) is 0 Å². The fourth-order valence-corrected chi connectivity index (χ4v) is 2.74. The van der Waals surface area contributed by atoms with Crippen molar-refractivity contribution in [3.05, 3.63) is 35.4 Å². The molecule has 3 nitrogen and oxygen atoms in total. The number of rotatable bonds is 3. The van der Waals surface area contributed by atoms with Crippen LogP contribution < -0.4 is 5.32 Å². The van der Waals surface area contributed by atoms with Crippen LogP contribution in [0.2, 0.25) is 0 Å². The molecule has 0 aromatic heterocycles. The quantitative estimate of drug-likeness (QED) is 0.904. The van der Waals surface area contributed by atoms with E-state index in [1.54, 1.807) is 0 Å². The summed E-state index contributed by atoms with van der Waals surface area (Å²) in [6, 6.07) is 8.39. The lowest BCUT2D eigenvalue weighted by molar-refractivity contribution is -0.141. The summed E-state index contributed by atoms with van der Waals surface area (Å²) in [6.45, 7) is 6.67. The first-order chi connectivity index (χ1) is 9.01. The van der Waals surface area contributed by atoms with Crippen LogP contribution in [0.15, 0.2) is 24.3 Å². The zero-order chi connectivity index (χ0) is 13.9. The van der Waals surface area contributed by atoms with Gasteiger partial charge in [0.25, 0.3) is 0 Å². The second kappa shape index (κ2) is 5.74. The van der Waals surface area contributed by atoms with E-state index in [9.17, 15) is 4.79 Å². The van der Waals surface area contributed by atoms with Crippen molar-refractivity contribution in [1.82, 2.24) is 10.2 Å². The molecule has 0 radical (unpaired) electrons. The Bertz CT molecular complexity index is 433. The number of benzene rings is 1. The van der Waals surface area contributed by atoms with Crippen LogP contribution in [0.3, 0.4) is 0 Å². The first-order valence-electron chi connectivity index (χ1n) is 7.03. The molecule has 1 saturated heterocycles. The SMILES string of the molecule is Cc1ccc(CN(C)C(=O)C2(C)CCCNC2)cc1. The highest BCUT2D eigenvalue weighted by atomic mass is 16.2. The molecule has 1 atom stereocenters. The largest absolute Gasteiger partial charge is 0.341 e. The van der Waals surface area contributed by atoms with E-state index in [2.05, 4.69) is 43.4 Å². The van der Waals surface area contributed by atoms with Crippen molar-refractivity contribution in [2.45, 2.75) is 33.2 Å². The summed E-state index contributed by atoms with van der Waals surface area (Å²) in [4.78, 5) is 14.4. The average molecular weight is 260 g/mol. The van der Waals surface area contributed by atoms with E-state index >= 15 is 0 Å². The zero-order valence-electron chi connectivity index (χ0n) is 12.2. The van der Waals surface area contributed by atoms with Crippen LogP contribution in [0.5, 0.6) is 0 Å². The lowest BCUT2D eigenvalue weighted by atomic mass is 9.81. The molecule has 1 unspecified atom stereocenters. The molecule has 1 fully saturated rings. The Balaban J connectivity index is 2.00. The number of carbonyl (C=O) groups is 1. The number of carbonyl (C=O) groups excluding carboxylic acids is 1. The van der Waals surface area contributed by atoms with Crippen LogP contribution in [0, 0.1) is 12.3 Å². The van der Waals surface area contributed by atoms with Crippen molar-refractivity contribution in [2.24, 2.45) is 5.41 Å². The molecule has 1 aliphatic heterocycles. The molecule has 1 aliphatic rings. The standard InChI is InChI=1S/C16H24N2O/c1-13-5-7-14(8-6-13)11-18(3)15(19)16(2)9-4-10-17-12-16/h5-8,17H,4,9-12H2,1-3H3. The Morgan fingerprint density at radius 3 is 2.63 bits per heavy atom. The molecule has 2 rings (SSSR count). The molecule has 19 heavy (non-hydrogen) atoms. The minimum Gasteiger partial charge on any atom is -0.341 e. The normalized spacial score (nSPS) is 23.1. The predicted octanol–water partition coefficient (Wildman–Crippen LogP) is 2.34. The van der Waals surface area contributed by atoms with Crippen LogP contribution in [-0.4, -0.2) is 30.9 Å². The second-order valence-corrected chi connectivity index (χ2v) is 5.99. The molecule has 1 aromatic rings. The van der Waals surface area contributed by atoms with E-state index in [0.29, 0.717) is 6.54 Å². The summed E-state index contributed by atoms with van der Waals surface area (Å²) in [5, 5.41) is 3.33. The molecule has 0 saturated carbocycles. The van der Waals surface area contributed by atoms with Gasteiger partial charge in [-0.05, 0) is 38.8 Å².